The standard InChI is InChI=1S/C20H26N2O3S/c1-4-22(5-2)15-17-9-6-8-16(12-17)14-21-20(23)18-10-7-11-19(13-18)26(3,24)25/h6-13H,4-5,14-15H2,1-3H3,(H,21,23). The minimum absolute atomic E-state index is 0.145. The topological polar surface area (TPSA) is 66.5 Å². The van der Waals surface area contributed by atoms with Crippen molar-refractivity contribution in [3.8, 4) is 0 Å². The Bertz CT molecular complexity index is 859. The molecule has 0 aliphatic heterocycles. The number of benzene rings is 2. The Morgan fingerprint density at radius 1 is 1.00 bits per heavy atom. The minimum atomic E-state index is -3.33. The molecule has 140 valence electrons. The molecule has 0 saturated carbocycles. The fourth-order valence-electron chi connectivity index (χ4n) is 2.70. The zero-order valence-corrected chi connectivity index (χ0v) is 16.3. The summed E-state index contributed by atoms with van der Waals surface area (Å²) >= 11 is 0. The Morgan fingerprint density at radius 2 is 1.65 bits per heavy atom. The zero-order valence-electron chi connectivity index (χ0n) is 15.5. The van der Waals surface area contributed by atoms with Crippen molar-refractivity contribution in [3.63, 3.8) is 0 Å². The van der Waals surface area contributed by atoms with Crippen LogP contribution in [0.5, 0.6) is 0 Å². The van der Waals surface area contributed by atoms with E-state index in [9.17, 15) is 13.2 Å². The molecule has 5 nitrogen and oxygen atoms in total. The molecule has 26 heavy (non-hydrogen) atoms. The van der Waals surface area contributed by atoms with Gasteiger partial charge in [-0.3, -0.25) is 9.69 Å². The molecule has 6 heteroatoms. The second kappa shape index (κ2) is 8.96. The van der Waals surface area contributed by atoms with Gasteiger partial charge in [0, 0.05) is 24.9 Å². The van der Waals surface area contributed by atoms with Crippen molar-refractivity contribution in [3.05, 3.63) is 65.2 Å². The molecule has 0 atom stereocenters. The van der Waals surface area contributed by atoms with Gasteiger partial charge in [0.2, 0.25) is 0 Å². The second-order valence-corrected chi connectivity index (χ2v) is 8.28. The van der Waals surface area contributed by atoms with Crippen molar-refractivity contribution in [2.75, 3.05) is 19.3 Å². The summed E-state index contributed by atoms with van der Waals surface area (Å²) in [6, 6.07) is 14.2. The number of nitrogens with one attached hydrogen (secondary N) is 1. The van der Waals surface area contributed by atoms with Crippen LogP contribution in [0.2, 0.25) is 0 Å². The van der Waals surface area contributed by atoms with E-state index >= 15 is 0 Å². The first-order valence-corrected chi connectivity index (χ1v) is 10.6. The van der Waals surface area contributed by atoms with E-state index in [-0.39, 0.29) is 10.8 Å². The number of carbonyl (C=O) groups excluding carboxylic acids is 1. The number of carbonyl (C=O) groups is 1. The van der Waals surface area contributed by atoms with Crippen molar-refractivity contribution < 1.29 is 13.2 Å². The van der Waals surface area contributed by atoms with Crippen molar-refractivity contribution in [1.29, 1.82) is 0 Å². The van der Waals surface area contributed by atoms with Crippen molar-refractivity contribution in [2.45, 2.75) is 31.8 Å². The summed E-state index contributed by atoms with van der Waals surface area (Å²) in [6.45, 7) is 7.54. The number of hydrogen-bond donors (Lipinski definition) is 1. The van der Waals surface area contributed by atoms with Gasteiger partial charge < -0.3 is 5.32 Å². The Balaban J connectivity index is 2.04. The first kappa shape index (κ1) is 20.1. The van der Waals surface area contributed by atoms with Gasteiger partial charge in [-0.2, -0.15) is 0 Å². The summed E-state index contributed by atoms with van der Waals surface area (Å²) in [6.07, 6.45) is 1.13. The number of sulfone groups is 1. The van der Waals surface area contributed by atoms with Crippen LogP contribution in [0.15, 0.2) is 53.4 Å². The number of hydrogen-bond acceptors (Lipinski definition) is 4. The average molecular weight is 375 g/mol. The molecule has 0 heterocycles. The van der Waals surface area contributed by atoms with Gasteiger partial charge in [-0.05, 0) is 42.4 Å². The maximum atomic E-state index is 12.3. The Morgan fingerprint density at radius 3 is 2.31 bits per heavy atom. The molecular weight excluding hydrogens is 348 g/mol. The Labute approximate surface area is 156 Å². The predicted molar refractivity (Wildman–Crippen MR) is 104 cm³/mol. The smallest absolute Gasteiger partial charge is 0.251 e. The molecule has 0 unspecified atom stereocenters. The lowest BCUT2D eigenvalue weighted by Crippen LogP contribution is -2.24. The summed E-state index contributed by atoms with van der Waals surface area (Å²) in [5.41, 5.74) is 2.56. The van der Waals surface area contributed by atoms with E-state index in [0.717, 1.165) is 31.5 Å². The summed E-state index contributed by atoms with van der Waals surface area (Å²) in [4.78, 5) is 14.8. The summed E-state index contributed by atoms with van der Waals surface area (Å²) in [5.74, 6) is -0.287. The van der Waals surface area contributed by atoms with Crippen LogP contribution in [0.4, 0.5) is 0 Å². The minimum Gasteiger partial charge on any atom is -0.348 e. The molecule has 0 radical (unpaired) electrons. The Kier molecular flexibility index (Phi) is 6.94. The molecule has 0 aliphatic rings. The summed E-state index contributed by atoms with van der Waals surface area (Å²) < 4.78 is 23.3. The van der Waals surface area contributed by atoms with E-state index in [4.69, 9.17) is 0 Å². The molecule has 0 aliphatic carbocycles. The first-order chi connectivity index (χ1) is 12.3. The van der Waals surface area contributed by atoms with Crippen LogP contribution < -0.4 is 5.32 Å². The SMILES string of the molecule is CCN(CC)Cc1cccc(CNC(=O)c2cccc(S(C)(=O)=O)c2)c1. The lowest BCUT2D eigenvalue weighted by Gasteiger charge is -2.18. The number of nitrogens with zero attached hydrogens (tertiary/aromatic N) is 1. The van der Waals surface area contributed by atoms with Crippen LogP contribution in [-0.4, -0.2) is 38.6 Å². The van der Waals surface area contributed by atoms with Crippen molar-refractivity contribution in [2.24, 2.45) is 0 Å². The van der Waals surface area contributed by atoms with Crippen LogP contribution >= 0.6 is 0 Å². The highest BCUT2D eigenvalue weighted by molar-refractivity contribution is 7.90. The Hall–Kier alpha value is -2.18. The zero-order chi connectivity index (χ0) is 19.2. The van der Waals surface area contributed by atoms with Gasteiger partial charge in [0.15, 0.2) is 9.84 Å². The molecule has 0 spiro atoms. The fraction of sp³-hybridized carbons (Fsp3) is 0.350. The number of rotatable bonds is 8. The van der Waals surface area contributed by atoms with Gasteiger partial charge in [0.25, 0.3) is 5.91 Å². The number of amides is 1. The molecule has 0 bridgehead atoms. The van der Waals surface area contributed by atoms with E-state index in [1.54, 1.807) is 12.1 Å². The van der Waals surface area contributed by atoms with Crippen LogP contribution in [-0.2, 0) is 22.9 Å². The van der Waals surface area contributed by atoms with E-state index in [1.165, 1.54) is 17.7 Å². The van der Waals surface area contributed by atoms with Crippen LogP contribution in [0.3, 0.4) is 0 Å². The van der Waals surface area contributed by atoms with Crippen LogP contribution in [0.25, 0.3) is 0 Å². The van der Waals surface area contributed by atoms with Gasteiger partial charge in [0.1, 0.15) is 0 Å². The lowest BCUT2D eigenvalue weighted by molar-refractivity contribution is 0.0950. The molecule has 1 N–H and O–H groups in total. The third-order valence-electron chi connectivity index (χ3n) is 4.27. The van der Waals surface area contributed by atoms with Crippen LogP contribution in [0, 0.1) is 0 Å². The second-order valence-electron chi connectivity index (χ2n) is 6.26. The van der Waals surface area contributed by atoms with Gasteiger partial charge in [0.05, 0.1) is 4.90 Å². The normalized spacial score (nSPS) is 11.5. The van der Waals surface area contributed by atoms with Gasteiger partial charge in [-0.1, -0.05) is 44.2 Å². The highest BCUT2D eigenvalue weighted by atomic mass is 32.2. The van der Waals surface area contributed by atoms with E-state index in [2.05, 4.69) is 36.2 Å². The fourth-order valence-corrected chi connectivity index (χ4v) is 3.36. The third-order valence-corrected chi connectivity index (χ3v) is 5.38. The molecular formula is C20H26N2O3S. The molecule has 0 saturated heterocycles. The quantitative estimate of drug-likeness (QED) is 0.772. The molecule has 2 rings (SSSR count). The predicted octanol–water partition coefficient (Wildman–Crippen LogP) is 2.86. The highest BCUT2D eigenvalue weighted by Gasteiger charge is 2.11. The maximum Gasteiger partial charge on any atom is 0.251 e. The van der Waals surface area contributed by atoms with Crippen LogP contribution in [0.1, 0.15) is 35.3 Å². The van der Waals surface area contributed by atoms with Crippen molar-refractivity contribution in [1.82, 2.24) is 10.2 Å². The lowest BCUT2D eigenvalue weighted by atomic mass is 10.1. The van der Waals surface area contributed by atoms with Gasteiger partial charge >= 0.3 is 0 Å². The molecule has 0 fully saturated rings. The maximum absolute atomic E-state index is 12.3. The van der Waals surface area contributed by atoms with E-state index in [1.807, 2.05) is 12.1 Å². The molecule has 0 aromatic heterocycles. The summed E-state index contributed by atoms with van der Waals surface area (Å²) in [5, 5.41) is 2.86. The van der Waals surface area contributed by atoms with Gasteiger partial charge in [-0.25, -0.2) is 8.42 Å². The molecule has 1 amide bonds. The van der Waals surface area contributed by atoms with Gasteiger partial charge in [-0.15, -0.1) is 0 Å². The molecule has 2 aromatic rings. The van der Waals surface area contributed by atoms with E-state index < -0.39 is 9.84 Å². The highest BCUT2D eigenvalue weighted by Crippen LogP contribution is 2.12. The third kappa shape index (κ3) is 5.68. The average Bonchev–Trinajstić information content (AvgIpc) is 2.64. The van der Waals surface area contributed by atoms with E-state index in [0.29, 0.717) is 12.1 Å². The largest absolute Gasteiger partial charge is 0.348 e. The summed E-state index contributed by atoms with van der Waals surface area (Å²) in [7, 11) is -3.33. The van der Waals surface area contributed by atoms with Crippen molar-refractivity contribution >= 4 is 15.7 Å². The first-order valence-electron chi connectivity index (χ1n) is 8.72. The monoisotopic (exact) mass is 374 g/mol. The molecule has 2 aromatic carbocycles.